The van der Waals surface area contributed by atoms with Crippen LogP contribution in [0.5, 0.6) is 0 Å². The van der Waals surface area contributed by atoms with Crippen LogP contribution in [0.4, 0.5) is 5.95 Å². The fraction of sp³-hybridized carbons (Fsp3) is 0.455. The highest BCUT2D eigenvalue weighted by Gasteiger charge is 2.37. The number of imidazole rings is 1. The molecule has 146 valence electrons. The SMILES string of the molecule is Cc1nc(N2CCC3(CCCC3)CC2)n2ccnc2c1-c1cccc(Cl)c1Cl. The Morgan fingerprint density at radius 3 is 2.54 bits per heavy atom. The molecule has 1 aliphatic carbocycles. The van der Waals surface area contributed by atoms with Gasteiger partial charge in [0.25, 0.3) is 0 Å². The van der Waals surface area contributed by atoms with Gasteiger partial charge in [0.05, 0.1) is 15.7 Å². The number of hydrogen-bond donors (Lipinski definition) is 0. The van der Waals surface area contributed by atoms with E-state index in [4.69, 9.17) is 28.2 Å². The van der Waals surface area contributed by atoms with Crippen molar-refractivity contribution in [2.24, 2.45) is 5.41 Å². The summed E-state index contributed by atoms with van der Waals surface area (Å²) in [6, 6.07) is 5.71. The van der Waals surface area contributed by atoms with E-state index in [1.807, 2.05) is 31.5 Å². The van der Waals surface area contributed by atoms with E-state index in [0.29, 0.717) is 15.5 Å². The molecule has 0 N–H and O–H groups in total. The normalized spacial score (nSPS) is 19.0. The molecule has 1 saturated carbocycles. The largest absolute Gasteiger partial charge is 0.342 e. The fourth-order valence-electron chi connectivity index (χ4n) is 5.11. The minimum absolute atomic E-state index is 0.547. The first kappa shape index (κ1) is 18.3. The lowest BCUT2D eigenvalue weighted by Crippen LogP contribution is -2.40. The first-order chi connectivity index (χ1) is 13.6. The molecular formula is C22H24Cl2N4. The van der Waals surface area contributed by atoms with E-state index < -0.39 is 0 Å². The summed E-state index contributed by atoms with van der Waals surface area (Å²) in [6.07, 6.45) is 12.0. The predicted molar refractivity (Wildman–Crippen MR) is 116 cm³/mol. The van der Waals surface area contributed by atoms with Crippen molar-refractivity contribution in [2.75, 3.05) is 18.0 Å². The first-order valence-corrected chi connectivity index (χ1v) is 10.9. The minimum atomic E-state index is 0.547. The van der Waals surface area contributed by atoms with Crippen molar-refractivity contribution in [1.82, 2.24) is 14.4 Å². The lowest BCUT2D eigenvalue weighted by Gasteiger charge is -2.40. The Kier molecular flexibility index (Phi) is 4.52. The molecule has 3 aromatic rings. The quantitative estimate of drug-likeness (QED) is 0.502. The summed E-state index contributed by atoms with van der Waals surface area (Å²) in [4.78, 5) is 12.1. The molecule has 0 atom stereocenters. The van der Waals surface area contributed by atoms with Crippen LogP contribution >= 0.6 is 23.2 Å². The van der Waals surface area contributed by atoms with Gasteiger partial charge in [0.15, 0.2) is 0 Å². The Bertz CT molecular complexity index is 1030. The van der Waals surface area contributed by atoms with Gasteiger partial charge in [-0.2, -0.15) is 0 Å². The van der Waals surface area contributed by atoms with E-state index in [0.717, 1.165) is 41.5 Å². The minimum Gasteiger partial charge on any atom is -0.342 e. The standard InChI is InChI=1S/C22H24Cl2N4/c1-15-18(16-5-4-6-17(23)19(16)24)20-25-11-14-28(20)21(26-15)27-12-9-22(10-13-27)7-2-3-8-22/h4-6,11,14H,2-3,7-10,12-13H2,1H3. The van der Waals surface area contributed by atoms with Gasteiger partial charge in [0.2, 0.25) is 5.95 Å². The maximum absolute atomic E-state index is 6.52. The number of hydrogen-bond acceptors (Lipinski definition) is 3. The number of rotatable bonds is 2. The van der Waals surface area contributed by atoms with E-state index >= 15 is 0 Å². The Morgan fingerprint density at radius 1 is 1.04 bits per heavy atom. The van der Waals surface area contributed by atoms with Crippen molar-refractivity contribution in [3.8, 4) is 11.1 Å². The summed E-state index contributed by atoms with van der Waals surface area (Å²) in [7, 11) is 0. The van der Waals surface area contributed by atoms with Gasteiger partial charge in [-0.25, -0.2) is 9.97 Å². The topological polar surface area (TPSA) is 33.4 Å². The van der Waals surface area contributed by atoms with Gasteiger partial charge in [0, 0.05) is 36.6 Å². The maximum atomic E-state index is 6.52. The fourth-order valence-corrected chi connectivity index (χ4v) is 5.51. The second-order valence-corrected chi connectivity index (χ2v) is 9.07. The smallest absolute Gasteiger partial charge is 0.211 e. The molecule has 1 aliphatic heterocycles. The maximum Gasteiger partial charge on any atom is 0.211 e. The molecule has 3 heterocycles. The molecule has 6 heteroatoms. The van der Waals surface area contributed by atoms with Crippen LogP contribution < -0.4 is 4.90 Å². The van der Waals surface area contributed by atoms with Crippen LogP contribution in [0.1, 0.15) is 44.2 Å². The third-order valence-corrected chi connectivity index (χ3v) is 7.52. The second kappa shape index (κ2) is 6.93. The average Bonchev–Trinajstić information content (AvgIpc) is 3.35. The molecule has 5 rings (SSSR count). The Balaban J connectivity index is 1.56. The van der Waals surface area contributed by atoms with Crippen LogP contribution in [0.25, 0.3) is 16.8 Å². The van der Waals surface area contributed by atoms with Crippen molar-refractivity contribution in [3.63, 3.8) is 0 Å². The molecule has 0 unspecified atom stereocenters. The monoisotopic (exact) mass is 414 g/mol. The molecule has 1 saturated heterocycles. The van der Waals surface area contributed by atoms with Gasteiger partial charge in [-0.3, -0.25) is 4.40 Å². The Labute approximate surface area is 175 Å². The van der Waals surface area contributed by atoms with Gasteiger partial charge >= 0.3 is 0 Å². The van der Waals surface area contributed by atoms with Gasteiger partial charge < -0.3 is 4.90 Å². The summed E-state index contributed by atoms with van der Waals surface area (Å²) in [5.74, 6) is 0.986. The number of benzene rings is 1. The van der Waals surface area contributed by atoms with Gasteiger partial charge in [-0.1, -0.05) is 48.2 Å². The summed E-state index contributed by atoms with van der Waals surface area (Å²) in [5.41, 5.74) is 4.23. The van der Waals surface area contributed by atoms with E-state index in [1.165, 1.54) is 38.5 Å². The number of aryl methyl sites for hydroxylation is 1. The zero-order valence-electron chi connectivity index (χ0n) is 16.1. The van der Waals surface area contributed by atoms with Gasteiger partial charge in [-0.15, -0.1) is 0 Å². The van der Waals surface area contributed by atoms with Crippen LogP contribution in [-0.4, -0.2) is 27.5 Å². The van der Waals surface area contributed by atoms with Crippen LogP contribution in [0, 0.1) is 12.3 Å². The van der Waals surface area contributed by atoms with Crippen LogP contribution in [0.15, 0.2) is 30.6 Å². The highest BCUT2D eigenvalue weighted by atomic mass is 35.5. The van der Waals surface area contributed by atoms with E-state index in [1.54, 1.807) is 6.07 Å². The molecule has 4 nitrogen and oxygen atoms in total. The molecular weight excluding hydrogens is 391 g/mol. The third-order valence-electron chi connectivity index (χ3n) is 6.70. The highest BCUT2D eigenvalue weighted by molar-refractivity contribution is 6.43. The average molecular weight is 415 g/mol. The number of piperidine rings is 1. The molecule has 2 fully saturated rings. The van der Waals surface area contributed by atoms with E-state index in [2.05, 4.69) is 14.3 Å². The second-order valence-electron chi connectivity index (χ2n) is 8.29. The van der Waals surface area contributed by atoms with Crippen molar-refractivity contribution < 1.29 is 0 Å². The zero-order chi connectivity index (χ0) is 19.3. The number of fused-ring (bicyclic) bond motifs is 1. The molecule has 28 heavy (non-hydrogen) atoms. The summed E-state index contributed by atoms with van der Waals surface area (Å²) in [5, 5.41) is 1.10. The first-order valence-electron chi connectivity index (χ1n) is 10.1. The van der Waals surface area contributed by atoms with Crippen molar-refractivity contribution >= 4 is 34.8 Å². The van der Waals surface area contributed by atoms with E-state index in [-0.39, 0.29) is 0 Å². The lowest BCUT2D eigenvalue weighted by molar-refractivity contribution is 0.225. The predicted octanol–water partition coefficient (Wildman–Crippen LogP) is 6.17. The molecule has 1 spiro atoms. The lowest BCUT2D eigenvalue weighted by atomic mass is 9.77. The molecule has 0 amide bonds. The molecule has 1 aromatic carbocycles. The van der Waals surface area contributed by atoms with Gasteiger partial charge in [-0.05, 0) is 44.1 Å². The Hall–Kier alpha value is -1.78. The molecule has 2 aromatic heterocycles. The third kappa shape index (κ3) is 2.89. The molecule has 0 bridgehead atoms. The molecule has 0 radical (unpaired) electrons. The Morgan fingerprint density at radius 2 is 1.79 bits per heavy atom. The number of aromatic nitrogens is 3. The van der Waals surface area contributed by atoms with Crippen LogP contribution in [0.2, 0.25) is 10.0 Å². The van der Waals surface area contributed by atoms with Crippen molar-refractivity contribution in [3.05, 3.63) is 46.3 Å². The zero-order valence-corrected chi connectivity index (χ0v) is 17.6. The highest BCUT2D eigenvalue weighted by Crippen LogP contribution is 2.47. The van der Waals surface area contributed by atoms with E-state index in [9.17, 15) is 0 Å². The summed E-state index contributed by atoms with van der Waals surface area (Å²) >= 11 is 12.8. The number of anilines is 1. The van der Waals surface area contributed by atoms with Gasteiger partial charge in [0.1, 0.15) is 5.65 Å². The summed E-state index contributed by atoms with van der Waals surface area (Å²) in [6.45, 7) is 4.17. The summed E-state index contributed by atoms with van der Waals surface area (Å²) < 4.78 is 2.10. The number of nitrogens with zero attached hydrogens (tertiary/aromatic N) is 4. The van der Waals surface area contributed by atoms with Crippen LogP contribution in [0.3, 0.4) is 0 Å². The van der Waals surface area contributed by atoms with Crippen LogP contribution in [-0.2, 0) is 0 Å². The van der Waals surface area contributed by atoms with Crippen molar-refractivity contribution in [2.45, 2.75) is 45.4 Å². The number of halogens is 2. The van der Waals surface area contributed by atoms with Crippen molar-refractivity contribution in [1.29, 1.82) is 0 Å². The molecule has 2 aliphatic rings.